The number of Topliss-reactive ketones (excluding diaryl/α,β-unsaturated/α-hetero) is 1. The molecule has 3 rings (SSSR count). The number of aryl methyl sites for hydroxylation is 1. The predicted octanol–water partition coefficient (Wildman–Crippen LogP) is 3.75. The van der Waals surface area contributed by atoms with Gasteiger partial charge in [0.05, 0.1) is 23.1 Å². The minimum atomic E-state index is -1.57. The standard InChI is InChI=1S/C17H20N4O2.C6H4ClNO/c1-10-5-6-11(15(18)16(22)17(2,3)23)7-12(10)13-8-21-14(19-4)9-20-13;7-6-3-8-2-1-5(6)4-9/h5-9,18,23H,1-4H3,(H,19,21);1-4H. The highest BCUT2D eigenvalue weighted by molar-refractivity contribution is 6.47. The summed E-state index contributed by atoms with van der Waals surface area (Å²) in [6.07, 6.45) is 6.92. The molecule has 0 bridgehead atoms. The highest BCUT2D eigenvalue weighted by atomic mass is 35.5. The van der Waals surface area contributed by atoms with Crippen molar-refractivity contribution in [3.8, 4) is 11.3 Å². The van der Waals surface area contributed by atoms with Crippen molar-refractivity contribution in [1.29, 1.82) is 5.41 Å². The summed E-state index contributed by atoms with van der Waals surface area (Å²) in [5.41, 5.74) is 1.54. The van der Waals surface area contributed by atoms with Crippen molar-refractivity contribution in [2.45, 2.75) is 26.4 Å². The first-order valence-electron chi connectivity index (χ1n) is 9.60. The van der Waals surface area contributed by atoms with Gasteiger partial charge in [0.15, 0.2) is 6.29 Å². The van der Waals surface area contributed by atoms with E-state index in [1.165, 1.54) is 26.2 Å². The second-order valence-corrected chi connectivity index (χ2v) is 7.75. The Morgan fingerprint density at radius 1 is 1.19 bits per heavy atom. The Kier molecular flexibility index (Phi) is 8.28. The third-order valence-corrected chi connectivity index (χ3v) is 4.74. The summed E-state index contributed by atoms with van der Waals surface area (Å²) in [6, 6.07) is 6.81. The fraction of sp³-hybridized carbons (Fsp3) is 0.217. The number of nitrogens with one attached hydrogen (secondary N) is 2. The van der Waals surface area contributed by atoms with Crippen LogP contribution in [-0.4, -0.2) is 50.5 Å². The van der Waals surface area contributed by atoms with Gasteiger partial charge >= 0.3 is 0 Å². The second-order valence-electron chi connectivity index (χ2n) is 7.34. The fourth-order valence-electron chi connectivity index (χ4n) is 2.57. The van der Waals surface area contributed by atoms with Gasteiger partial charge in [-0.25, -0.2) is 4.98 Å². The first kappa shape index (κ1) is 24.8. The minimum absolute atomic E-state index is 0.224. The third kappa shape index (κ3) is 6.26. The molecule has 1 aromatic carbocycles. The normalized spacial score (nSPS) is 10.6. The molecule has 0 radical (unpaired) electrons. The maximum atomic E-state index is 12.1. The van der Waals surface area contributed by atoms with Crippen LogP contribution in [0.4, 0.5) is 5.82 Å². The first-order valence-corrected chi connectivity index (χ1v) is 9.98. The number of ketones is 1. The average molecular weight is 454 g/mol. The molecule has 0 aliphatic carbocycles. The number of aliphatic hydroxyl groups is 1. The van der Waals surface area contributed by atoms with E-state index in [-0.39, 0.29) is 5.71 Å². The summed E-state index contributed by atoms with van der Waals surface area (Å²) in [6.45, 7) is 4.68. The van der Waals surface area contributed by atoms with E-state index in [2.05, 4.69) is 20.3 Å². The Bertz CT molecular complexity index is 1130. The molecule has 3 N–H and O–H groups in total. The SMILES string of the molecule is CNc1cnc(-c2cc(C(=N)C(=O)C(C)(C)O)ccc2C)cn1.O=Cc1ccncc1Cl. The number of aldehydes is 1. The molecule has 0 spiro atoms. The van der Waals surface area contributed by atoms with Gasteiger partial charge in [-0.05, 0) is 38.5 Å². The van der Waals surface area contributed by atoms with E-state index in [4.69, 9.17) is 17.0 Å². The summed E-state index contributed by atoms with van der Waals surface area (Å²) in [7, 11) is 1.76. The molecule has 0 aliphatic rings. The van der Waals surface area contributed by atoms with Gasteiger partial charge in [-0.15, -0.1) is 0 Å². The van der Waals surface area contributed by atoms with Gasteiger partial charge in [0.1, 0.15) is 17.1 Å². The van der Waals surface area contributed by atoms with Crippen LogP contribution >= 0.6 is 11.6 Å². The molecule has 3 aromatic rings. The molecule has 32 heavy (non-hydrogen) atoms. The Morgan fingerprint density at radius 3 is 2.41 bits per heavy atom. The first-order chi connectivity index (χ1) is 15.1. The van der Waals surface area contributed by atoms with E-state index in [9.17, 15) is 14.7 Å². The largest absolute Gasteiger partial charge is 0.382 e. The molecule has 2 aromatic heterocycles. The molecule has 166 valence electrons. The van der Waals surface area contributed by atoms with Crippen LogP contribution in [0.15, 0.2) is 49.1 Å². The molecular weight excluding hydrogens is 430 g/mol. The number of carbonyl (C=O) groups excluding carboxylic acids is 2. The lowest BCUT2D eigenvalue weighted by atomic mass is 9.93. The Hall–Kier alpha value is -3.49. The van der Waals surface area contributed by atoms with E-state index < -0.39 is 11.4 Å². The van der Waals surface area contributed by atoms with Crippen molar-refractivity contribution in [3.05, 3.63) is 70.8 Å². The highest BCUT2D eigenvalue weighted by Crippen LogP contribution is 2.24. The molecule has 0 atom stereocenters. The van der Waals surface area contributed by atoms with Crippen molar-refractivity contribution in [2.24, 2.45) is 0 Å². The molecule has 0 saturated carbocycles. The van der Waals surface area contributed by atoms with Gasteiger partial charge in [0.2, 0.25) is 5.78 Å². The maximum Gasteiger partial charge on any atom is 0.211 e. The molecular formula is C23H24ClN5O3. The Labute approximate surface area is 191 Å². The second kappa shape index (κ2) is 10.7. The van der Waals surface area contributed by atoms with Crippen LogP contribution < -0.4 is 5.32 Å². The molecule has 0 unspecified atom stereocenters. The van der Waals surface area contributed by atoms with Gasteiger partial charge < -0.3 is 10.4 Å². The number of carbonyl (C=O) groups is 2. The summed E-state index contributed by atoms with van der Waals surface area (Å²) in [5.74, 6) is 0.0384. The lowest BCUT2D eigenvalue weighted by molar-refractivity contribution is -0.126. The molecule has 0 amide bonds. The Balaban J connectivity index is 0.000000336. The summed E-state index contributed by atoms with van der Waals surface area (Å²) >= 11 is 5.53. The smallest absolute Gasteiger partial charge is 0.211 e. The van der Waals surface area contributed by atoms with Crippen molar-refractivity contribution in [1.82, 2.24) is 15.0 Å². The van der Waals surface area contributed by atoms with Crippen molar-refractivity contribution < 1.29 is 14.7 Å². The number of benzene rings is 1. The Morgan fingerprint density at radius 2 is 1.91 bits per heavy atom. The van der Waals surface area contributed by atoms with Gasteiger partial charge in [-0.3, -0.25) is 25.0 Å². The number of pyridine rings is 1. The van der Waals surface area contributed by atoms with E-state index >= 15 is 0 Å². The average Bonchev–Trinajstić information content (AvgIpc) is 2.78. The van der Waals surface area contributed by atoms with Crippen molar-refractivity contribution in [3.63, 3.8) is 0 Å². The van der Waals surface area contributed by atoms with Gasteiger partial charge in [0, 0.05) is 36.1 Å². The zero-order chi connectivity index (χ0) is 23.9. The van der Waals surface area contributed by atoms with Crippen LogP contribution in [0, 0.1) is 12.3 Å². The number of aromatic nitrogens is 3. The number of rotatable bonds is 6. The van der Waals surface area contributed by atoms with Crippen molar-refractivity contribution in [2.75, 3.05) is 12.4 Å². The zero-order valence-corrected chi connectivity index (χ0v) is 18.9. The van der Waals surface area contributed by atoms with Crippen LogP contribution in [0.5, 0.6) is 0 Å². The molecule has 0 fully saturated rings. The van der Waals surface area contributed by atoms with E-state index in [0.717, 1.165) is 11.1 Å². The lowest BCUT2D eigenvalue weighted by Crippen LogP contribution is -2.37. The summed E-state index contributed by atoms with van der Waals surface area (Å²) in [4.78, 5) is 34.5. The topological polar surface area (TPSA) is 129 Å². The quantitative estimate of drug-likeness (QED) is 0.383. The van der Waals surface area contributed by atoms with E-state index in [1.807, 2.05) is 13.0 Å². The van der Waals surface area contributed by atoms with E-state index in [1.54, 1.807) is 37.6 Å². The van der Waals surface area contributed by atoms with Crippen molar-refractivity contribution >= 4 is 35.2 Å². The molecule has 9 heteroatoms. The molecule has 2 heterocycles. The number of anilines is 1. The number of nitrogens with zero attached hydrogens (tertiary/aromatic N) is 3. The summed E-state index contributed by atoms with van der Waals surface area (Å²) < 4.78 is 0. The van der Waals surface area contributed by atoms with Gasteiger partial charge in [0.25, 0.3) is 0 Å². The van der Waals surface area contributed by atoms with E-state index in [0.29, 0.717) is 33.9 Å². The van der Waals surface area contributed by atoms with Crippen LogP contribution in [0.25, 0.3) is 11.3 Å². The fourth-order valence-corrected chi connectivity index (χ4v) is 2.73. The summed E-state index contributed by atoms with van der Waals surface area (Å²) in [5, 5.41) is 21.1. The number of halogens is 1. The lowest BCUT2D eigenvalue weighted by Gasteiger charge is -2.17. The predicted molar refractivity (Wildman–Crippen MR) is 125 cm³/mol. The van der Waals surface area contributed by atoms with Crippen LogP contribution in [0.3, 0.4) is 0 Å². The molecule has 0 aliphatic heterocycles. The third-order valence-electron chi connectivity index (χ3n) is 4.42. The van der Waals surface area contributed by atoms with Gasteiger partial charge in [-0.1, -0.05) is 23.7 Å². The zero-order valence-electron chi connectivity index (χ0n) is 18.2. The van der Waals surface area contributed by atoms with Gasteiger partial charge in [-0.2, -0.15) is 0 Å². The van der Waals surface area contributed by atoms with Crippen LogP contribution in [0.2, 0.25) is 5.02 Å². The highest BCUT2D eigenvalue weighted by Gasteiger charge is 2.28. The van der Waals surface area contributed by atoms with Crippen LogP contribution in [-0.2, 0) is 4.79 Å². The number of hydrogen-bond donors (Lipinski definition) is 3. The monoisotopic (exact) mass is 453 g/mol. The minimum Gasteiger partial charge on any atom is -0.382 e. The maximum absolute atomic E-state index is 12.1. The number of hydrogen-bond acceptors (Lipinski definition) is 8. The van der Waals surface area contributed by atoms with Crippen LogP contribution in [0.1, 0.15) is 35.3 Å². The molecule has 0 saturated heterocycles. The molecule has 8 nitrogen and oxygen atoms in total.